The van der Waals surface area contributed by atoms with E-state index in [-0.39, 0.29) is 0 Å². The Morgan fingerprint density at radius 3 is 2.62 bits per heavy atom. The van der Waals surface area contributed by atoms with Crippen molar-refractivity contribution in [3.8, 4) is 11.3 Å². The maximum absolute atomic E-state index is 5.73. The minimum absolute atomic E-state index is 0.338. The molecule has 0 amide bonds. The van der Waals surface area contributed by atoms with E-state index < -0.39 is 0 Å². The zero-order chi connectivity index (χ0) is 18.1. The van der Waals surface area contributed by atoms with Crippen LogP contribution in [-0.2, 0) is 0 Å². The summed E-state index contributed by atoms with van der Waals surface area (Å²) in [5.74, 6) is 0.548. The summed E-state index contributed by atoms with van der Waals surface area (Å²) in [6, 6.07) is 11.8. The average molecular weight is 344 g/mol. The van der Waals surface area contributed by atoms with E-state index in [0.717, 1.165) is 33.5 Å². The van der Waals surface area contributed by atoms with Crippen LogP contribution >= 0.6 is 0 Å². The topological polar surface area (TPSA) is 81.7 Å². The van der Waals surface area contributed by atoms with Crippen LogP contribution < -0.4 is 11.1 Å². The Bertz CT molecular complexity index is 1050. The van der Waals surface area contributed by atoms with Gasteiger partial charge in [-0.25, -0.2) is 9.97 Å². The fraction of sp³-hybridized carbons (Fsp3) is 0.150. The van der Waals surface area contributed by atoms with Gasteiger partial charge < -0.3 is 15.6 Å². The normalized spacial score (nSPS) is 11.2. The molecule has 0 fully saturated rings. The Hall–Kier alpha value is -3.41. The molecule has 130 valence electrons. The number of nitrogens with one attached hydrogen (secondary N) is 1. The van der Waals surface area contributed by atoms with Gasteiger partial charge in [0, 0.05) is 47.0 Å². The van der Waals surface area contributed by atoms with Gasteiger partial charge >= 0.3 is 0 Å². The highest BCUT2D eigenvalue weighted by Gasteiger charge is 2.13. The number of anilines is 3. The second-order valence-electron chi connectivity index (χ2n) is 6.45. The zero-order valence-electron chi connectivity index (χ0n) is 14.7. The minimum atomic E-state index is 0.338. The lowest BCUT2D eigenvalue weighted by Crippen LogP contribution is -1.99. The fourth-order valence-electron chi connectivity index (χ4n) is 2.99. The van der Waals surface area contributed by atoms with E-state index in [1.807, 2.05) is 48.8 Å². The van der Waals surface area contributed by atoms with Gasteiger partial charge in [0.2, 0.25) is 5.95 Å². The first-order valence-electron chi connectivity index (χ1n) is 8.52. The second-order valence-corrected chi connectivity index (χ2v) is 6.45. The molecular formula is C20H20N6. The van der Waals surface area contributed by atoms with Crippen LogP contribution in [0.1, 0.15) is 19.9 Å². The number of nitrogens with two attached hydrogens (primary N) is 1. The number of fused-ring (bicyclic) bond motifs is 1. The van der Waals surface area contributed by atoms with Crippen LogP contribution in [0.2, 0.25) is 0 Å². The van der Waals surface area contributed by atoms with Crippen LogP contribution in [0.25, 0.3) is 22.2 Å². The van der Waals surface area contributed by atoms with E-state index in [0.29, 0.717) is 12.0 Å². The zero-order valence-corrected chi connectivity index (χ0v) is 14.7. The van der Waals surface area contributed by atoms with E-state index in [1.54, 1.807) is 6.20 Å². The fourth-order valence-corrected chi connectivity index (χ4v) is 2.99. The van der Waals surface area contributed by atoms with Crippen LogP contribution in [-0.4, -0.2) is 19.5 Å². The number of rotatable bonds is 4. The van der Waals surface area contributed by atoms with Gasteiger partial charge in [0.05, 0.1) is 17.4 Å². The molecule has 1 aromatic carbocycles. The molecule has 0 spiro atoms. The van der Waals surface area contributed by atoms with Crippen LogP contribution in [0.5, 0.6) is 0 Å². The number of benzene rings is 1. The molecule has 0 aliphatic carbocycles. The quantitative estimate of drug-likeness (QED) is 0.536. The van der Waals surface area contributed by atoms with E-state index in [4.69, 9.17) is 10.7 Å². The van der Waals surface area contributed by atoms with Crippen molar-refractivity contribution in [3.05, 3.63) is 61.2 Å². The lowest BCUT2D eigenvalue weighted by Gasteiger charge is -2.08. The number of aromatic nitrogens is 4. The number of pyridine rings is 1. The molecule has 3 heterocycles. The lowest BCUT2D eigenvalue weighted by atomic mass is 10.1. The summed E-state index contributed by atoms with van der Waals surface area (Å²) < 4.78 is 2.22. The van der Waals surface area contributed by atoms with Crippen molar-refractivity contribution in [2.75, 3.05) is 11.1 Å². The first-order chi connectivity index (χ1) is 12.6. The van der Waals surface area contributed by atoms with Crippen LogP contribution in [0, 0.1) is 0 Å². The lowest BCUT2D eigenvalue weighted by molar-refractivity contribution is 0.622. The molecule has 0 aliphatic rings. The average Bonchev–Trinajstić information content (AvgIpc) is 3.04. The summed E-state index contributed by atoms with van der Waals surface area (Å²) in [5.41, 5.74) is 10.4. The highest BCUT2D eigenvalue weighted by atomic mass is 15.1. The van der Waals surface area contributed by atoms with Crippen molar-refractivity contribution < 1.29 is 0 Å². The van der Waals surface area contributed by atoms with Gasteiger partial charge in [-0.1, -0.05) is 0 Å². The third-order valence-electron chi connectivity index (χ3n) is 4.29. The molecule has 6 nitrogen and oxygen atoms in total. The van der Waals surface area contributed by atoms with Gasteiger partial charge in [-0.2, -0.15) is 0 Å². The van der Waals surface area contributed by atoms with Crippen LogP contribution in [0.3, 0.4) is 0 Å². The summed E-state index contributed by atoms with van der Waals surface area (Å²) in [5, 5.41) is 4.35. The Kier molecular flexibility index (Phi) is 4.01. The smallest absolute Gasteiger partial charge is 0.227 e. The van der Waals surface area contributed by atoms with Crippen LogP contribution in [0.15, 0.2) is 61.2 Å². The van der Waals surface area contributed by atoms with Crippen LogP contribution in [0.4, 0.5) is 17.3 Å². The predicted molar refractivity (Wildman–Crippen MR) is 105 cm³/mol. The van der Waals surface area contributed by atoms with E-state index in [1.165, 1.54) is 0 Å². The number of nitrogen functional groups attached to an aromatic ring is 1. The van der Waals surface area contributed by atoms with Crippen molar-refractivity contribution in [2.24, 2.45) is 0 Å². The Morgan fingerprint density at radius 2 is 1.85 bits per heavy atom. The maximum Gasteiger partial charge on any atom is 0.227 e. The molecule has 0 saturated carbocycles. The van der Waals surface area contributed by atoms with Crippen molar-refractivity contribution in [2.45, 2.75) is 19.9 Å². The van der Waals surface area contributed by atoms with Crippen molar-refractivity contribution in [3.63, 3.8) is 0 Å². The molecule has 4 rings (SSSR count). The van der Waals surface area contributed by atoms with Gasteiger partial charge in [0.15, 0.2) is 0 Å². The molecule has 0 aliphatic heterocycles. The predicted octanol–water partition coefficient (Wildman–Crippen LogP) is 4.40. The summed E-state index contributed by atoms with van der Waals surface area (Å²) in [7, 11) is 0. The summed E-state index contributed by atoms with van der Waals surface area (Å²) >= 11 is 0. The van der Waals surface area contributed by atoms with E-state index in [2.05, 4.69) is 39.9 Å². The maximum atomic E-state index is 5.73. The molecule has 4 aromatic rings. The third kappa shape index (κ3) is 2.97. The van der Waals surface area contributed by atoms with Gasteiger partial charge in [0.1, 0.15) is 0 Å². The van der Waals surface area contributed by atoms with E-state index >= 15 is 0 Å². The molecule has 26 heavy (non-hydrogen) atoms. The van der Waals surface area contributed by atoms with Gasteiger partial charge in [-0.15, -0.1) is 0 Å². The van der Waals surface area contributed by atoms with Crippen molar-refractivity contribution in [1.82, 2.24) is 19.5 Å². The Morgan fingerprint density at radius 1 is 1.04 bits per heavy atom. The highest BCUT2D eigenvalue weighted by Crippen LogP contribution is 2.31. The third-order valence-corrected chi connectivity index (χ3v) is 4.29. The standard InChI is InChI=1S/C20H20N6/c1-13(2)26-12-17(16-7-9-22-11-19(16)26)18-8-10-23-20(25-18)24-15-5-3-14(21)4-6-15/h3-13H,21H2,1-2H3,(H,23,24,25). The first kappa shape index (κ1) is 16.1. The minimum Gasteiger partial charge on any atom is -0.399 e. The van der Waals surface area contributed by atoms with E-state index in [9.17, 15) is 0 Å². The Balaban J connectivity index is 1.75. The van der Waals surface area contributed by atoms with Crippen molar-refractivity contribution >= 4 is 28.2 Å². The summed E-state index contributed by atoms with van der Waals surface area (Å²) in [4.78, 5) is 13.3. The molecule has 0 atom stereocenters. The van der Waals surface area contributed by atoms with Crippen molar-refractivity contribution in [1.29, 1.82) is 0 Å². The second kappa shape index (κ2) is 6.48. The molecule has 6 heteroatoms. The molecule has 0 bridgehead atoms. The van der Waals surface area contributed by atoms with Gasteiger partial charge in [0.25, 0.3) is 0 Å². The number of nitrogens with zero attached hydrogens (tertiary/aromatic N) is 4. The summed E-state index contributed by atoms with van der Waals surface area (Å²) in [6.45, 7) is 4.31. The summed E-state index contributed by atoms with van der Waals surface area (Å²) in [6.07, 6.45) is 7.60. The monoisotopic (exact) mass is 344 g/mol. The Labute approximate surface area is 151 Å². The molecule has 0 unspecified atom stereocenters. The number of hydrogen-bond donors (Lipinski definition) is 2. The molecule has 3 aromatic heterocycles. The van der Waals surface area contributed by atoms with Gasteiger partial charge in [-0.3, -0.25) is 4.98 Å². The molecule has 0 radical (unpaired) electrons. The molecule has 3 N–H and O–H groups in total. The molecular weight excluding hydrogens is 324 g/mol. The number of hydrogen-bond acceptors (Lipinski definition) is 5. The van der Waals surface area contributed by atoms with Gasteiger partial charge in [-0.05, 0) is 50.2 Å². The SMILES string of the molecule is CC(C)n1cc(-c2ccnc(Nc3ccc(N)cc3)n2)c2ccncc21. The first-order valence-corrected chi connectivity index (χ1v) is 8.52. The molecule has 0 saturated heterocycles. The largest absolute Gasteiger partial charge is 0.399 e. The highest BCUT2D eigenvalue weighted by molar-refractivity contribution is 5.94.